The lowest BCUT2D eigenvalue weighted by atomic mass is 9.79. The average molecular weight is 303 g/mol. The molecule has 3 unspecified atom stereocenters. The van der Waals surface area contributed by atoms with E-state index in [4.69, 9.17) is 0 Å². The lowest BCUT2D eigenvalue weighted by molar-refractivity contribution is -0.137. The van der Waals surface area contributed by atoms with Crippen LogP contribution in [0.1, 0.15) is 44.2 Å². The van der Waals surface area contributed by atoms with Gasteiger partial charge in [-0.1, -0.05) is 13.8 Å². The van der Waals surface area contributed by atoms with Crippen molar-refractivity contribution in [3.05, 3.63) is 35.1 Å². The molecule has 1 nitrogen and oxygen atoms in total. The Morgan fingerprint density at radius 3 is 2.43 bits per heavy atom. The Balaban J connectivity index is 1.99. The molecular weight excluding hydrogens is 282 g/mol. The summed E-state index contributed by atoms with van der Waals surface area (Å²) in [5, 5.41) is 3.26. The molecule has 2 rings (SSSR count). The Morgan fingerprint density at radius 2 is 1.81 bits per heavy atom. The molecule has 0 saturated heterocycles. The summed E-state index contributed by atoms with van der Waals surface area (Å²) in [5.41, 5.74) is -0.585. The van der Waals surface area contributed by atoms with Gasteiger partial charge in [-0.2, -0.15) is 13.2 Å². The van der Waals surface area contributed by atoms with Gasteiger partial charge in [0.2, 0.25) is 0 Å². The summed E-state index contributed by atoms with van der Waals surface area (Å²) in [6, 6.07) is 3.02. The van der Waals surface area contributed by atoms with E-state index in [1.54, 1.807) is 0 Å². The van der Waals surface area contributed by atoms with E-state index in [2.05, 4.69) is 19.2 Å². The molecule has 1 aromatic carbocycles. The number of benzene rings is 1. The molecule has 5 heteroatoms. The fourth-order valence-electron chi connectivity index (χ4n) is 2.91. The van der Waals surface area contributed by atoms with E-state index in [0.29, 0.717) is 29.5 Å². The highest BCUT2D eigenvalue weighted by Gasteiger charge is 2.31. The first-order chi connectivity index (χ1) is 9.75. The van der Waals surface area contributed by atoms with Crippen LogP contribution in [-0.2, 0) is 12.7 Å². The largest absolute Gasteiger partial charge is 0.416 e. The highest BCUT2D eigenvalue weighted by atomic mass is 19.4. The second-order valence-electron chi connectivity index (χ2n) is 6.19. The van der Waals surface area contributed by atoms with Gasteiger partial charge >= 0.3 is 6.18 Å². The Kier molecular flexibility index (Phi) is 4.91. The molecule has 1 aliphatic rings. The van der Waals surface area contributed by atoms with Crippen molar-refractivity contribution in [3.63, 3.8) is 0 Å². The van der Waals surface area contributed by atoms with Gasteiger partial charge in [-0.25, -0.2) is 4.39 Å². The Morgan fingerprint density at radius 1 is 1.10 bits per heavy atom. The molecule has 0 heterocycles. The fourth-order valence-corrected chi connectivity index (χ4v) is 2.91. The fraction of sp³-hybridized carbons (Fsp3) is 0.625. The molecule has 0 aliphatic heterocycles. The van der Waals surface area contributed by atoms with Crippen LogP contribution >= 0.6 is 0 Å². The van der Waals surface area contributed by atoms with Gasteiger partial charge in [-0.3, -0.25) is 0 Å². The van der Waals surface area contributed by atoms with Crippen LogP contribution < -0.4 is 5.32 Å². The SMILES string of the molecule is CC1CCC(NCc2cc(F)cc(C(F)(F)F)c2)CC1C. The van der Waals surface area contributed by atoms with E-state index >= 15 is 0 Å². The van der Waals surface area contributed by atoms with Gasteiger partial charge in [0.05, 0.1) is 5.56 Å². The maximum absolute atomic E-state index is 13.3. The summed E-state index contributed by atoms with van der Waals surface area (Å²) in [4.78, 5) is 0. The molecule has 3 atom stereocenters. The molecule has 1 aliphatic carbocycles. The quantitative estimate of drug-likeness (QED) is 0.794. The first kappa shape index (κ1) is 16.3. The third-order valence-corrected chi connectivity index (χ3v) is 4.48. The minimum absolute atomic E-state index is 0.270. The summed E-state index contributed by atoms with van der Waals surface area (Å²) >= 11 is 0. The third-order valence-electron chi connectivity index (χ3n) is 4.48. The summed E-state index contributed by atoms with van der Waals surface area (Å²) in [6.45, 7) is 4.69. The standard InChI is InChI=1S/C16H21F4N/c1-10-3-4-15(5-11(10)2)21-9-12-6-13(16(18,19)20)8-14(17)7-12/h6-8,10-11,15,21H,3-5,9H2,1-2H3. The van der Waals surface area contributed by atoms with E-state index in [0.717, 1.165) is 31.4 Å². The lowest BCUT2D eigenvalue weighted by Gasteiger charge is -2.32. The molecule has 118 valence electrons. The minimum Gasteiger partial charge on any atom is -0.310 e. The molecule has 1 aromatic rings. The van der Waals surface area contributed by atoms with Gasteiger partial charge in [0.1, 0.15) is 5.82 Å². The van der Waals surface area contributed by atoms with Crippen molar-refractivity contribution in [2.45, 2.75) is 51.9 Å². The third kappa shape index (κ3) is 4.43. The molecule has 0 aromatic heterocycles. The number of rotatable bonds is 3. The van der Waals surface area contributed by atoms with Gasteiger partial charge in [0.25, 0.3) is 0 Å². The number of nitrogens with one attached hydrogen (secondary N) is 1. The molecule has 0 bridgehead atoms. The first-order valence-electron chi connectivity index (χ1n) is 7.35. The van der Waals surface area contributed by atoms with Gasteiger partial charge in [0.15, 0.2) is 0 Å². The van der Waals surface area contributed by atoms with Crippen molar-refractivity contribution >= 4 is 0 Å². The molecule has 0 spiro atoms. The summed E-state index contributed by atoms with van der Waals surface area (Å²) < 4.78 is 51.3. The molecule has 1 fully saturated rings. The number of hydrogen-bond acceptors (Lipinski definition) is 1. The van der Waals surface area contributed by atoms with Crippen LogP contribution in [0.4, 0.5) is 17.6 Å². The van der Waals surface area contributed by atoms with Crippen molar-refractivity contribution in [1.82, 2.24) is 5.32 Å². The van der Waals surface area contributed by atoms with Crippen LogP contribution in [0.25, 0.3) is 0 Å². The summed E-state index contributed by atoms with van der Waals surface area (Å²) in [7, 11) is 0. The maximum Gasteiger partial charge on any atom is 0.416 e. The van der Waals surface area contributed by atoms with E-state index in [1.165, 1.54) is 0 Å². The Labute approximate surface area is 122 Å². The van der Waals surface area contributed by atoms with Gasteiger partial charge in [-0.15, -0.1) is 0 Å². The van der Waals surface area contributed by atoms with Gasteiger partial charge < -0.3 is 5.32 Å². The zero-order chi connectivity index (χ0) is 15.6. The van der Waals surface area contributed by atoms with E-state index in [-0.39, 0.29) is 6.54 Å². The molecule has 1 N–H and O–H groups in total. The molecule has 0 amide bonds. The zero-order valence-corrected chi connectivity index (χ0v) is 12.3. The smallest absolute Gasteiger partial charge is 0.310 e. The monoisotopic (exact) mass is 303 g/mol. The number of hydrogen-bond donors (Lipinski definition) is 1. The van der Waals surface area contributed by atoms with E-state index in [9.17, 15) is 17.6 Å². The van der Waals surface area contributed by atoms with Crippen LogP contribution in [0.3, 0.4) is 0 Å². The predicted octanol–water partition coefficient (Wildman–Crippen LogP) is 4.76. The molecule has 21 heavy (non-hydrogen) atoms. The van der Waals surface area contributed by atoms with Gasteiger partial charge in [0, 0.05) is 12.6 Å². The summed E-state index contributed by atoms with van der Waals surface area (Å²) in [5.74, 6) is 0.454. The highest BCUT2D eigenvalue weighted by molar-refractivity contribution is 5.26. The van der Waals surface area contributed by atoms with E-state index in [1.807, 2.05) is 0 Å². The number of halogens is 4. The van der Waals surface area contributed by atoms with Crippen LogP contribution in [0, 0.1) is 17.7 Å². The first-order valence-corrected chi connectivity index (χ1v) is 7.35. The van der Waals surface area contributed by atoms with Crippen LogP contribution in [-0.4, -0.2) is 6.04 Å². The van der Waals surface area contributed by atoms with E-state index < -0.39 is 17.6 Å². The average Bonchev–Trinajstić information content (AvgIpc) is 2.38. The minimum atomic E-state index is -4.51. The molecule has 1 saturated carbocycles. The zero-order valence-electron chi connectivity index (χ0n) is 12.3. The summed E-state index contributed by atoms with van der Waals surface area (Å²) in [6.07, 6.45) is -1.35. The maximum atomic E-state index is 13.3. The molecule has 0 radical (unpaired) electrons. The lowest BCUT2D eigenvalue weighted by Crippen LogP contribution is -2.35. The second-order valence-corrected chi connectivity index (χ2v) is 6.19. The Hall–Kier alpha value is -1.10. The number of alkyl halides is 3. The normalized spacial score (nSPS) is 26.9. The van der Waals surface area contributed by atoms with Crippen molar-refractivity contribution in [1.29, 1.82) is 0 Å². The predicted molar refractivity (Wildman–Crippen MR) is 74.2 cm³/mol. The van der Waals surface area contributed by atoms with Crippen molar-refractivity contribution < 1.29 is 17.6 Å². The highest BCUT2D eigenvalue weighted by Crippen LogP contribution is 2.31. The molecular formula is C16H21F4N. The second kappa shape index (κ2) is 6.34. The van der Waals surface area contributed by atoms with Gasteiger partial charge in [-0.05, 0) is 54.9 Å². The Bertz CT molecular complexity index is 484. The van der Waals surface area contributed by atoms with Crippen LogP contribution in [0.15, 0.2) is 18.2 Å². The van der Waals surface area contributed by atoms with Crippen molar-refractivity contribution in [2.75, 3.05) is 0 Å². The topological polar surface area (TPSA) is 12.0 Å². The van der Waals surface area contributed by atoms with Crippen molar-refractivity contribution in [3.8, 4) is 0 Å². The van der Waals surface area contributed by atoms with Crippen LogP contribution in [0.2, 0.25) is 0 Å². The van der Waals surface area contributed by atoms with Crippen molar-refractivity contribution in [2.24, 2.45) is 11.8 Å². The van der Waals surface area contributed by atoms with Crippen LogP contribution in [0.5, 0.6) is 0 Å².